The Labute approximate surface area is 133 Å². The molecule has 0 fully saturated rings. The molecule has 1 aromatic heterocycles. The zero-order valence-corrected chi connectivity index (χ0v) is 13.6. The van der Waals surface area contributed by atoms with Crippen molar-refractivity contribution in [3.8, 4) is 0 Å². The van der Waals surface area contributed by atoms with Crippen LogP contribution < -0.4 is 5.32 Å². The number of aromatic nitrogens is 1. The minimum absolute atomic E-state index is 0.271. The van der Waals surface area contributed by atoms with E-state index in [4.69, 9.17) is 4.74 Å². The Hall–Kier alpha value is -2.21. The molecule has 0 saturated heterocycles. The van der Waals surface area contributed by atoms with Crippen molar-refractivity contribution in [2.45, 2.75) is 20.3 Å². The Morgan fingerprint density at radius 2 is 1.91 bits per heavy atom. The molecule has 0 spiro atoms. The lowest BCUT2D eigenvalue weighted by Crippen LogP contribution is -2.27. The molecule has 6 heteroatoms. The molecule has 0 aliphatic rings. The summed E-state index contributed by atoms with van der Waals surface area (Å²) in [6.07, 6.45) is 0.726. The van der Waals surface area contributed by atoms with Gasteiger partial charge in [0, 0.05) is 17.8 Å². The second-order valence-electron chi connectivity index (χ2n) is 4.78. The van der Waals surface area contributed by atoms with Gasteiger partial charge in [0.2, 0.25) is 0 Å². The van der Waals surface area contributed by atoms with Crippen molar-refractivity contribution in [3.63, 3.8) is 0 Å². The van der Waals surface area contributed by atoms with E-state index < -0.39 is 5.97 Å². The van der Waals surface area contributed by atoms with Gasteiger partial charge >= 0.3 is 5.97 Å². The Morgan fingerprint density at radius 3 is 2.50 bits per heavy atom. The predicted octanol–water partition coefficient (Wildman–Crippen LogP) is 2.52. The molecular weight excluding hydrogens is 300 g/mol. The fraction of sp³-hybridized carbons (Fsp3) is 0.312. The molecule has 0 aliphatic heterocycles. The molecule has 0 atom stereocenters. The van der Waals surface area contributed by atoms with Crippen molar-refractivity contribution >= 4 is 23.2 Å². The fourth-order valence-electron chi connectivity index (χ4n) is 2.16. The summed E-state index contributed by atoms with van der Waals surface area (Å²) >= 11 is 1.64. The number of thiazole rings is 1. The summed E-state index contributed by atoms with van der Waals surface area (Å²) in [5.74, 6) is -0.792. The number of methoxy groups -OCH3 is 1. The van der Waals surface area contributed by atoms with E-state index in [-0.39, 0.29) is 11.5 Å². The highest BCUT2D eigenvalue weighted by Crippen LogP contribution is 2.17. The summed E-state index contributed by atoms with van der Waals surface area (Å²) in [6.45, 7) is 4.43. The van der Waals surface area contributed by atoms with E-state index in [1.165, 1.54) is 12.0 Å². The van der Waals surface area contributed by atoms with Gasteiger partial charge in [0.15, 0.2) is 0 Å². The molecule has 5 nitrogen and oxygen atoms in total. The molecule has 0 bridgehead atoms. The Bertz CT molecular complexity index is 694. The van der Waals surface area contributed by atoms with E-state index in [1.807, 2.05) is 13.8 Å². The Kier molecular flexibility index (Phi) is 5.27. The zero-order chi connectivity index (χ0) is 16.1. The number of amides is 1. The third kappa shape index (κ3) is 3.71. The number of nitrogens with zero attached hydrogens (tertiary/aromatic N) is 1. The van der Waals surface area contributed by atoms with Gasteiger partial charge in [0.1, 0.15) is 0 Å². The summed E-state index contributed by atoms with van der Waals surface area (Å²) in [5.41, 5.74) is 1.60. The summed E-state index contributed by atoms with van der Waals surface area (Å²) in [4.78, 5) is 29.4. The van der Waals surface area contributed by atoms with Crippen LogP contribution in [0.2, 0.25) is 0 Å². The van der Waals surface area contributed by atoms with Gasteiger partial charge in [-0.2, -0.15) is 0 Å². The summed E-state index contributed by atoms with van der Waals surface area (Å²) in [5, 5.41) is 3.86. The van der Waals surface area contributed by atoms with E-state index in [9.17, 15) is 9.59 Å². The van der Waals surface area contributed by atoms with Gasteiger partial charge in [0.05, 0.1) is 28.9 Å². The molecule has 1 amide bonds. The third-order valence-electron chi connectivity index (χ3n) is 3.21. The molecule has 0 aliphatic carbocycles. The number of ether oxygens (including phenoxy) is 1. The van der Waals surface area contributed by atoms with Gasteiger partial charge in [0.25, 0.3) is 5.91 Å². The minimum Gasteiger partial charge on any atom is -0.465 e. The highest BCUT2D eigenvalue weighted by atomic mass is 32.1. The number of esters is 1. The van der Waals surface area contributed by atoms with Gasteiger partial charge in [-0.05, 0) is 26.0 Å². The summed E-state index contributed by atoms with van der Waals surface area (Å²) < 4.78 is 4.69. The zero-order valence-electron chi connectivity index (χ0n) is 12.8. The molecule has 2 rings (SSSR count). The second kappa shape index (κ2) is 7.17. The first-order valence-electron chi connectivity index (χ1n) is 6.91. The van der Waals surface area contributed by atoms with Crippen LogP contribution in [0.15, 0.2) is 24.3 Å². The first-order chi connectivity index (χ1) is 10.5. The van der Waals surface area contributed by atoms with Crippen LogP contribution in [0.5, 0.6) is 0 Å². The van der Waals surface area contributed by atoms with Crippen LogP contribution in [0, 0.1) is 13.8 Å². The summed E-state index contributed by atoms with van der Waals surface area (Å²) in [6, 6.07) is 6.62. The number of benzene rings is 1. The highest BCUT2D eigenvalue weighted by Gasteiger charge is 2.16. The first kappa shape index (κ1) is 16.2. The number of carbonyl (C=O) groups is 2. The van der Waals surface area contributed by atoms with Crippen LogP contribution in [0.25, 0.3) is 0 Å². The van der Waals surface area contributed by atoms with Gasteiger partial charge < -0.3 is 10.1 Å². The van der Waals surface area contributed by atoms with Gasteiger partial charge in [-0.25, -0.2) is 9.78 Å². The van der Waals surface area contributed by atoms with Gasteiger partial charge in [-0.1, -0.05) is 12.1 Å². The smallest absolute Gasteiger partial charge is 0.338 e. The maximum absolute atomic E-state index is 12.2. The normalized spacial score (nSPS) is 10.3. The van der Waals surface area contributed by atoms with E-state index in [1.54, 1.807) is 35.6 Å². The number of nitrogens with one attached hydrogen (secondary N) is 1. The number of hydrogen-bond acceptors (Lipinski definition) is 5. The van der Waals surface area contributed by atoms with E-state index in [2.05, 4.69) is 10.3 Å². The average Bonchev–Trinajstić information content (AvgIpc) is 2.84. The highest BCUT2D eigenvalue weighted by molar-refractivity contribution is 7.11. The molecule has 1 N–H and O–H groups in total. The van der Waals surface area contributed by atoms with E-state index in [0.717, 1.165) is 17.1 Å². The molecule has 1 aromatic carbocycles. The number of aryl methyl sites for hydroxylation is 2. The molecule has 22 heavy (non-hydrogen) atoms. The topological polar surface area (TPSA) is 68.3 Å². The molecule has 0 unspecified atom stereocenters. The lowest BCUT2D eigenvalue weighted by atomic mass is 10.1. The van der Waals surface area contributed by atoms with Gasteiger partial charge in [-0.15, -0.1) is 11.3 Å². The van der Waals surface area contributed by atoms with Crippen molar-refractivity contribution in [1.82, 2.24) is 10.3 Å². The number of carbonyl (C=O) groups excluding carboxylic acids is 2. The maximum Gasteiger partial charge on any atom is 0.338 e. The molecule has 0 saturated carbocycles. The average molecular weight is 318 g/mol. The maximum atomic E-state index is 12.2. The van der Waals surface area contributed by atoms with E-state index >= 15 is 0 Å². The molecule has 116 valence electrons. The molecule has 1 heterocycles. The largest absolute Gasteiger partial charge is 0.465 e. The van der Waals surface area contributed by atoms with Crippen molar-refractivity contribution < 1.29 is 14.3 Å². The van der Waals surface area contributed by atoms with Crippen LogP contribution in [-0.2, 0) is 11.2 Å². The number of rotatable bonds is 5. The fourth-order valence-corrected chi connectivity index (χ4v) is 3.10. The first-order valence-corrected chi connectivity index (χ1v) is 7.73. The lowest BCUT2D eigenvalue weighted by Gasteiger charge is -2.08. The third-order valence-corrected chi connectivity index (χ3v) is 4.35. The van der Waals surface area contributed by atoms with Crippen LogP contribution in [0.1, 0.15) is 36.3 Å². The Balaban J connectivity index is 2.01. The quantitative estimate of drug-likeness (QED) is 0.860. The van der Waals surface area contributed by atoms with Crippen molar-refractivity contribution in [1.29, 1.82) is 0 Å². The lowest BCUT2D eigenvalue weighted by molar-refractivity contribution is 0.0596. The van der Waals surface area contributed by atoms with Crippen molar-refractivity contribution in [2.24, 2.45) is 0 Å². The Morgan fingerprint density at radius 1 is 1.23 bits per heavy atom. The van der Waals surface area contributed by atoms with E-state index in [0.29, 0.717) is 12.1 Å². The van der Waals surface area contributed by atoms with Crippen molar-refractivity contribution in [3.05, 3.63) is 51.0 Å². The summed E-state index contributed by atoms with van der Waals surface area (Å²) in [7, 11) is 1.30. The molecule has 2 aromatic rings. The van der Waals surface area contributed by atoms with Crippen LogP contribution in [0.4, 0.5) is 0 Å². The predicted molar refractivity (Wildman–Crippen MR) is 85.4 cm³/mol. The molecular formula is C16H18N2O3S. The van der Waals surface area contributed by atoms with Crippen molar-refractivity contribution in [2.75, 3.05) is 13.7 Å². The second-order valence-corrected chi connectivity index (χ2v) is 6.07. The SMILES string of the molecule is COC(=O)c1ccccc1C(=O)NCCc1sc(C)nc1C. The standard InChI is InChI=1S/C16H18N2O3S/c1-10-14(22-11(2)18-10)8-9-17-15(19)12-6-4-5-7-13(12)16(20)21-3/h4-7H,8-9H2,1-3H3,(H,17,19). The molecule has 0 radical (unpaired) electrons. The number of hydrogen-bond donors (Lipinski definition) is 1. The van der Waals surface area contributed by atoms with Crippen LogP contribution >= 0.6 is 11.3 Å². The van der Waals surface area contributed by atoms with Crippen LogP contribution in [-0.4, -0.2) is 30.5 Å². The monoisotopic (exact) mass is 318 g/mol. The minimum atomic E-state index is -0.514. The van der Waals surface area contributed by atoms with Crippen LogP contribution in [0.3, 0.4) is 0 Å². The van der Waals surface area contributed by atoms with Gasteiger partial charge in [-0.3, -0.25) is 4.79 Å².